The van der Waals surface area contributed by atoms with Crippen LogP contribution in [0.1, 0.15) is 53.4 Å². The number of unbranched alkanes of at least 4 members (excludes halogenated alkanes) is 2. The Bertz CT molecular complexity index is 189. The van der Waals surface area contributed by atoms with Crippen molar-refractivity contribution in [1.82, 2.24) is 10.2 Å². The van der Waals surface area contributed by atoms with Gasteiger partial charge in [-0.25, -0.2) is 0 Å². The zero-order valence-electron chi connectivity index (χ0n) is 11.7. The fourth-order valence-electron chi connectivity index (χ4n) is 2.47. The summed E-state index contributed by atoms with van der Waals surface area (Å²) in [5.41, 5.74) is 0.538. The molecule has 1 saturated heterocycles. The van der Waals surface area contributed by atoms with Gasteiger partial charge in [0.1, 0.15) is 0 Å². The van der Waals surface area contributed by atoms with Crippen molar-refractivity contribution in [3.8, 4) is 0 Å². The molecule has 16 heavy (non-hydrogen) atoms. The second kappa shape index (κ2) is 6.61. The van der Waals surface area contributed by atoms with E-state index >= 15 is 0 Å². The second-order valence-corrected chi connectivity index (χ2v) is 6.14. The monoisotopic (exact) mass is 226 g/mol. The van der Waals surface area contributed by atoms with Gasteiger partial charge < -0.3 is 5.32 Å². The van der Waals surface area contributed by atoms with E-state index in [4.69, 9.17) is 0 Å². The lowest BCUT2D eigenvalue weighted by Gasteiger charge is -2.26. The molecular weight excluding hydrogens is 196 g/mol. The van der Waals surface area contributed by atoms with Gasteiger partial charge in [0.2, 0.25) is 0 Å². The van der Waals surface area contributed by atoms with Crippen LogP contribution in [0.25, 0.3) is 0 Å². The van der Waals surface area contributed by atoms with E-state index < -0.39 is 0 Å². The van der Waals surface area contributed by atoms with Crippen LogP contribution in [0, 0.1) is 5.41 Å². The van der Waals surface area contributed by atoms with Gasteiger partial charge in [-0.15, -0.1) is 0 Å². The first kappa shape index (κ1) is 14.0. The van der Waals surface area contributed by atoms with E-state index in [1.54, 1.807) is 0 Å². The summed E-state index contributed by atoms with van der Waals surface area (Å²) in [6.07, 6.45) is 5.36. The molecule has 1 aliphatic rings. The Morgan fingerprint density at radius 1 is 1.31 bits per heavy atom. The van der Waals surface area contributed by atoms with Crippen LogP contribution in [-0.4, -0.2) is 37.1 Å². The summed E-state index contributed by atoms with van der Waals surface area (Å²) < 4.78 is 0. The molecule has 0 radical (unpaired) electrons. The number of nitrogens with zero attached hydrogens (tertiary/aromatic N) is 1. The maximum Gasteiger partial charge on any atom is 0.0192 e. The lowest BCUT2D eigenvalue weighted by atomic mass is 9.93. The van der Waals surface area contributed by atoms with E-state index in [1.165, 1.54) is 45.3 Å². The summed E-state index contributed by atoms with van der Waals surface area (Å²) in [7, 11) is 0. The van der Waals surface area contributed by atoms with Crippen molar-refractivity contribution in [3.63, 3.8) is 0 Å². The van der Waals surface area contributed by atoms with Gasteiger partial charge in [0, 0.05) is 19.1 Å². The molecular formula is C14H30N2. The van der Waals surface area contributed by atoms with E-state index in [1.807, 2.05) is 0 Å². The standard InChI is InChI=1S/C14H30N2/c1-5-6-7-9-15-11-13(2)16-10-8-14(3,4)12-16/h13,15H,5-12H2,1-4H3. The van der Waals surface area contributed by atoms with E-state index in [0.29, 0.717) is 11.5 Å². The summed E-state index contributed by atoms with van der Waals surface area (Å²) in [5, 5.41) is 3.58. The average molecular weight is 226 g/mol. The highest BCUT2D eigenvalue weighted by molar-refractivity contribution is 4.85. The van der Waals surface area contributed by atoms with Gasteiger partial charge in [-0.05, 0) is 38.3 Å². The van der Waals surface area contributed by atoms with E-state index in [-0.39, 0.29) is 0 Å². The SMILES string of the molecule is CCCCCNCC(C)N1CCC(C)(C)C1. The number of likely N-dealkylation sites (tertiary alicyclic amines) is 1. The number of hydrogen-bond acceptors (Lipinski definition) is 2. The van der Waals surface area contributed by atoms with Gasteiger partial charge in [0.25, 0.3) is 0 Å². The van der Waals surface area contributed by atoms with E-state index in [2.05, 4.69) is 37.9 Å². The molecule has 0 saturated carbocycles. The molecule has 1 N–H and O–H groups in total. The molecule has 0 aromatic carbocycles. The Labute approximate surface area is 102 Å². The van der Waals surface area contributed by atoms with Crippen LogP contribution in [0.15, 0.2) is 0 Å². The first-order valence-electron chi connectivity index (χ1n) is 7.00. The molecule has 1 rings (SSSR count). The lowest BCUT2D eigenvalue weighted by Crippen LogP contribution is -2.39. The van der Waals surface area contributed by atoms with Crippen molar-refractivity contribution in [2.75, 3.05) is 26.2 Å². The average Bonchev–Trinajstić information content (AvgIpc) is 2.58. The first-order chi connectivity index (χ1) is 7.55. The summed E-state index contributed by atoms with van der Waals surface area (Å²) in [6, 6.07) is 0.698. The first-order valence-corrected chi connectivity index (χ1v) is 7.00. The molecule has 2 heteroatoms. The molecule has 0 amide bonds. The predicted octanol–water partition coefficient (Wildman–Crippen LogP) is 2.89. The molecule has 1 heterocycles. The topological polar surface area (TPSA) is 15.3 Å². The highest BCUT2D eigenvalue weighted by Gasteiger charge is 2.31. The lowest BCUT2D eigenvalue weighted by molar-refractivity contribution is 0.225. The second-order valence-electron chi connectivity index (χ2n) is 6.14. The maximum absolute atomic E-state index is 3.58. The van der Waals surface area contributed by atoms with Gasteiger partial charge in [0.15, 0.2) is 0 Å². The molecule has 1 unspecified atom stereocenters. The number of hydrogen-bond donors (Lipinski definition) is 1. The molecule has 96 valence electrons. The minimum absolute atomic E-state index is 0.538. The minimum Gasteiger partial charge on any atom is -0.315 e. The van der Waals surface area contributed by atoms with Crippen LogP contribution in [0.5, 0.6) is 0 Å². The van der Waals surface area contributed by atoms with Crippen molar-refractivity contribution in [3.05, 3.63) is 0 Å². The van der Waals surface area contributed by atoms with Crippen molar-refractivity contribution < 1.29 is 0 Å². The molecule has 1 aliphatic heterocycles. The fraction of sp³-hybridized carbons (Fsp3) is 1.00. The predicted molar refractivity (Wildman–Crippen MR) is 71.8 cm³/mol. The van der Waals surface area contributed by atoms with Crippen LogP contribution in [0.3, 0.4) is 0 Å². The van der Waals surface area contributed by atoms with Crippen LogP contribution in [-0.2, 0) is 0 Å². The fourth-order valence-corrected chi connectivity index (χ4v) is 2.47. The quantitative estimate of drug-likeness (QED) is 0.672. The van der Waals surface area contributed by atoms with Crippen molar-refractivity contribution in [1.29, 1.82) is 0 Å². The molecule has 0 bridgehead atoms. The van der Waals surface area contributed by atoms with Crippen LogP contribution >= 0.6 is 0 Å². The Kier molecular flexibility index (Phi) is 5.77. The van der Waals surface area contributed by atoms with Gasteiger partial charge >= 0.3 is 0 Å². The van der Waals surface area contributed by atoms with Gasteiger partial charge in [-0.2, -0.15) is 0 Å². The zero-order valence-corrected chi connectivity index (χ0v) is 11.7. The molecule has 0 aliphatic carbocycles. The number of nitrogens with one attached hydrogen (secondary N) is 1. The van der Waals surface area contributed by atoms with Gasteiger partial charge in [-0.1, -0.05) is 33.6 Å². The Morgan fingerprint density at radius 3 is 2.62 bits per heavy atom. The number of rotatable bonds is 7. The van der Waals surface area contributed by atoms with Crippen LogP contribution in [0.4, 0.5) is 0 Å². The Morgan fingerprint density at radius 2 is 2.06 bits per heavy atom. The van der Waals surface area contributed by atoms with Crippen molar-refractivity contribution in [2.45, 2.75) is 59.4 Å². The van der Waals surface area contributed by atoms with Crippen molar-refractivity contribution >= 4 is 0 Å². The van der Waals surface area contributed by atoms with Gasteiger partial charge in [-0.3, -0.25) is 4.90 Å². The van der Waals surface area contributed by atoms with Crippen LogP contribution in [0.2, 0.25) is 0 Å². The third-order valence-electron chi connectivity index (χ3n) is 3.73. The smallest absolute Gasteiger partial charge is 0.0192 e. The maximum atomic E-state index is 3.58. The Hall–Kier alpha value is -0.0800. The summed E-state index contributed by atoms with van der Waals surface area (Å²) in [6.45, 7) is 14.3. The molecule has 0 aromatic rings. The third kappa shape index (κ3) is 4.84. The third-order valence-corrected chi connectivity index (χ3v) is 3.73. The highest BCUT2D eigenvalue weighted by atomic mass is 15.2. The summed E-state index contributed by atoms with van der Waals surface area (Å²) in [5.74, 6) is 0. The van der Waals surface area contributed by atoms with Gasteiger partial charge in [0.05, 0.1) is 0 Å². The van der Waals surface area contributed by atoms with E-state index in [9.17, 15) is 0 Å². The molecule has 1 fully saturated rings. The zero-order chi connectivity index (χ0) is 12.0. The van der Waals surface area contributed by atoms with E-state index in [0.717, 1.165) is 6.54 Å². The highest BCUT2D eigenvalue weighted by Crippen LogP contribution is 2.29. The largest absolute Gasteiger partial charge is 0.315 e. The normalized spacial score (nSPS) is 22.5. The van der Waals surface area contributed by atoms with Crippen molar-refractivity contribution in [2.24, 2.45) is 5.41 Å². The molecule has 1 atom stereocenters. The summed E-state index contributed by atoms with van der Waals surface area (Å²) >= 11 is 0. The molecule has 0 spiro atoms. The Balaban J connectivity index is 2.09. The summed E-state index contributed by atoms with van der Waals surface area (Å²) in [4.78, 5) is 2.63. The molecule has 2 nitrogen and oxygen atoms in total. The molecule has 0 aromatic heterocycles. The van der Waals surface area contributed by atoms with Crippen LogP contribution < -0.4 is 5.32 Å². The minimum atomic E-state index is 0.538.